The van der Waals surface area contributed by atoms with Crippen LogP contribution >= 0.6 is 20.2 Å². The Bertz CT molecular complexity index is 11.6. The van der Waals surface area contributed by atoms with Gasteiger partial charge in [0.25, 0.3) is 0 Å². The molecule has 0 aromatic carbocycles. The molecule has 0 aliphatic rings. The molecule has 5 heteroatoms. The second-order valence-electron chi connectivity index (χ2n) is 0.0431. The van der Waals surface area contributed by atoms with Gasteiger partial charge < -0.3 is 0 Å². The number of rotatable bonds is 0. The molecular formula is Cl2Cu2O. The first-order valence-corrected chi connectivity index (χ1v) is 3.33. The van der Waals surface area contributed by atoms with Gasteiger partial charge in [0, 0.05) is 0 Å². The van der Waals surface area contributed by atoms with Gasteiger partial charge >= 0.3 is 53.1 Å². The fourth-order valence-corrected chi connectivity index (χ4v) is 0. The van der Waals surface area contributed by atoms with E-state index in [1.807, 2.05) is 0 Å². The summed E-state index contributed by atoms with van der Waals surface area (Å²) >= 11 is 3.69. The van der Waals surface area contributed by atoms with Gasteiger partial charge in [-0.3, -0.25) is 0 Å². The third-order valence-electron chi connectivity index (χ3n) is 0. The molecule has 0 saturated carbocycles. The van der Waals surface area contributed by atoms with Crippen LogP contribution in [0.4, 0.5) is 0 Å². The van der Waals surface area contributed by atoms with Gasteiger partial charge in [0.2, 0.25) is 0 Å². The molecule has 0 unspecified atom stereocenters. The van der Waals surface area contributed by atoms with E-state index in [4.69, 9.17) is 3.83 Å². The second kappa shape index (κ2) is 18.1. The summed E-state index contributed by atoms with van der Waals surface area (Å²) < 4.78 is 7.81. The third-order valence-corrected chi connectivity index (χ3v) is 0. The maximum absolute atomic E-state index is 7.81. The molecule has 0 rings (SSSR count). The minimum atomic E-state index is 0.757. The summed E-state index contributed by atoms with van der Waals surface area (Å²) in [5, 5.41) is 0. The van der Waals surface area contributed by atoms with Gasteiger partial charge in [-0.25, -0.2) is 0 Å². The van der Waals surface area contributed by atoms with Crippen LogP contribution in [0.25, 0.3) is 0 Å². The van der Waals surface area contributed by atoms with E-state index in [2.05, 4.69) is 36.1 Å². The maximum atomic E-state index is 7.81. The van der Waals surface area contributed by atoms with Crippen molar-refractivity contribution in [3.63, 3.8) is 0 Å². The summed E-state index contributed by atoms with van der Waals surface area (Å²) in [4.78, 5) is 0. The van der Waals surface area contributed by atoms with E-state index in [9.17, 15) is 0 Å². The molecule has 0 N–H and O–H groups in total. The van der Waals surface area contributed by atoms with Gasteiger partial charge in [-0.1, -0.05) is 0 Å². The zero-order valence-corrected chi connectivity index (χ0v) is 5.16. The first kappa shape index (κ1) is 9.65. The average molecular weight is 214 g/mol. The topological polar surface area (TPSA) is 17.1 Å². The zero-order chi connectivity index (χ0) is 4.71. The summed E-state index contributed by atoms with van der Waals surface area (Å²) in [5.74, 6) is 0. The van der Waals surface area contributed by atoms with Crippen molar-refractivity contribution in [3.05, 3.63) is 0 Å². The molecule has 0 bridgehead atoms. The van der Waals surface area contributed by atoms with Crippen molar-refractivity contribution in [2.24, 2.45) is 0 Å². The molecule has 42 valence electrons. The predicted octanol–water partition coefficient (Wildman–Crippen LogP) is 1.26. The van der Waals surface area contributed by atoms with Gasteiger partial charge in [0.15, 0.2) is 0 Å². The number of hydrogen-bond acceptors (Lipinski definition) is 1. The molecule has 5 heavy (non-hydrogen) atoms. The van der Waals surface area contributed by atoms with E-state index in [0.29, 0.717) is 0 Å². The van der Waals surface area contributed by atoms with Crippen LogP contribution in [-0.2, 0) is 32.9 Å². The van der Waals surface area contributed by atoms with E-state index >= 15 is 0 Å². The Labute approximate surface area is 53.0 Å². The quantitative estimate of drug-likeness (QED) is 0.554. The second-order valence-corrected chi connectivity index (χ2v) is 1.60. The van der Waals surface area contributed by atoms with E-state index in [1.54, 1.807) is 0 Å². The monoisotopic (exact) mass is 212 g/mol. The van der Waals surface area contributed by atoms with Crippen molar-refractivity contribution >= 4 is 20.2 Å². The van der Waals surface area contributed by atoms with Crippen LogP contribution in [0.5, 0.6) is 0 Å². The summed E-state index contributed by atoms with van der Waals surface area (Å²) in [5.41, 5.74) is 0. The van der Waals surface area contributed by atoms with E-state index in [-0.39, 0.29) is 0 Å². The molecule has 0 saturated heterocycles. The molecule has 0 fully saturated rings. The Hall–Kier alpha value is 1.42. The molecule has 0 atom stereocenters. The summed E-state index contributed by atoms with van der Waals surface area (Å²) in [6.45, 7) is 0. The van der Waals surface area contributed by atoms with Crippen LogP contribution in [0, 0.1) is 0 Å². The van der Waals surface area contributed by atoms with Crippen LogP contribution < -0.4 is 0 Å². The SMILES string of the molecule is [Cl][Cu][Cl].[O]=[Cu]. The molecular weight excluding hydrogens is 214 g/mol. The van der Waals surface area contributed by atoms with Crippen LogP contribution in [0.3, 0.4) is 0 Å². The number of hydrogen-bond donors (Lipinski definition) is 0. The molecule has 0 spiro atoms. The summed E-state index contributed by atoms with van der Waals surface area (Å²) in [7, 11) is 9.34. The Morgan fingerprint density at radius 2 is 1.40 bits per heavy atom. The van der Waals surface area contributed by atoms with Gasteiger partial charge in [-0.2, -0.15) is 0 Å². The Morgan fingerprint density at radius 3 is 1.40 bits per heavy atom. The van der Waals surface area contributed by atoms with Gasteiger partial charge in [-0.15, -0.1) is 0 Å². The van der Waals surface area contributed by atoms with Gasteiger partial charge in [0.1, 0.15) is 0 Å². The van der Waals surface area contributed by atoms with Crippen molar-refractivity contribution < 1.29 is 32.9 Å². The van der Waals surface area contributed by atoms with E-state index in [0.717, 1.165) is 13.1 Å². The van der Waals surface area contributed by atoms with Crippen molar-refractivity contribution in [2.75, 3.05) is 0 Å². The van der Waals surface area contributed by atoms with Crippen LogP contribution in [0.1, 0.15) is 0 Å². The molecule has 1 nitrogen and oxygen atoms in total. The van der Waals surface area contributed by atoms with Crippen molar-refractivity contribution in [3.8, 4) is 0 Å². The van der Waals surface area contributed by atoms with Crippen LogP contribution in [0.2, 0.25) is 0 Å². The molecule has 0 aromatic heterocycles. The molecule has 0 radical (unpaired) electrons. The first-order chi connectivity index (χ1) is 2.41. The molecule has 0 heterocycles. The van der Waals surface area contributed by atoms with Crippen molar-refractivity contribution in [1.29, 1.82) is 0 Å². The minimum absolute atomic E-state index is 0.757. The summed E-state index contributed by atoms with van der Waals surface area (Å²) in [6, 6.07) is 0. The third kappa shape index (κ3) is 31.5. The molecule has 0 aromatic rings. The summed E-state index contributed by atoms with van der Waals surface area (Å²) in [6.07, 6.45) is 0. The average Bonchev–Trinajstić information content (AvgIpc) is 1.46. The molecule has 0 aliphatic heterocycles. The van der Waals surface area contributed by atoms with E-state index in [1.165, 1.54) is 0 Å². The Kier molecular flexibility index (Phi) is 34.9. The standard InChI is InChI=1S/2ClH.2Cu.O/h2*1H;;;/q;;;+2;/p-2. The Morgan fingerprint density at radius 1 is 1.40 bits per heavy atom. The van der Waals surface area contributed by atoms with Gasteiger partial charge in [0.05, 0.1) is 0 Å². The fraction of sp³-hybridized carbons (Fsp3) is 0. The molecule has 0 amide bonds. The van der Waals surface area contributed by atoms with Crippen LogP contribution in [0.15, 0.2) is 0 Å². The van der Waals surface area contributed by atoms with Crippen LogP contribution in [-0.4, -0.2) is 0 Å². The van der Waals surface area contributed by atoms with Crippen molar-refractivity contribution in [1.82, 2.24) is 0 Å². The van der Waals surface area contributed by atoms with Crippen molar-refractivity contribution in [2.45, 2.75) is 0 Å². The van der Waals surface area contributed by atoms with E-state index < -0.39 is 0 Å². The number of halogens is 2. The zero-order valence-electron chi connectivity index (χ0n) is 1.77. The fourth-order valence-electron chi connectivity index (χ4n) is 0. The predicted molar refractivity (Wildman–Crippen MR) is 12.4 cm³/mol. The normalized spacial score (nSPS) is 5.60. The van der Waals surface area contributed by atoms with Gasteiger partial charge in [-0.05, 0) is 0 Å². The molecule has 0 aliphatic carbocycles. The first-order valence-electron chi connectivity index (χ1n) is 0.351. The Balaban J connectivity index is 0.